The van der Waals surface area contributed by atoms with Crippen molar-refractivity contribution in [1.82, 2.24) is 14.7 Å². The van der Waals surface area contributed by atoms with E-state index in [-0.39, 0.29) is 30.8 Å². The molecule has 6 nitrogen and oxygen atoms in total. The number of urea groups is 1. The van der Waals surface area contributed by atoms with Gasteiger partial charge in [0.05, 0.1) is 24.1 Å². The predicted molar refractivity (Wildman–Crippen MR) is 150 cm³/mol. The summed E-state index contributed by atoms with van der Waals surface area (Å²) in [5.41, 5.74) is 0.662. The lowest BCUT2D eigenvalue weighted by atomic mass is 9.81. The van der Waals surface area contributed by atoms with Gasteiger partial charge in [0, 0.05) is 33.2 Å². The summed E-state index contributed by atoms with van der Waals surface area (Å²) in [5, 5.41) is 0. The fourth-order valence-corrected chi connectivity index (χ4v) is 5.29. The van der Waals surface area contributed by atoms with Gasteiger partial charge in [-0.1, -0.05) is 43.3 Å². The van der Waals surface area contributed by atoms with Gasteiger partial charge in [-0.25, -0.2) is 4.79 Å². The summed E-state index contributed by atoms with van der Waals surface area (Å²) in [6.07, 6.45) is -0.0870. The fourth-order valence-electron chi connectivity index (χ4n) is 5.29. The van der Waals surface area contributed by atoms with Crippen LogP contribution in [0.2, 0.25) is 0 Å². The molecule has 1 aliphatic rings. The highest BCUT2D eigenvalue weighted by molar-refractivity contribution is 5.83. The Morgan fingerprint density at radius 2 is 1.75 bits per heavy atom. The molecule has 1 heterocycles. The summed E-state index contributed by atoms with van der Waals surface area (Å²) in [5.74, 6) is 0.0417. The number of carbonyl (C=O) groups excluding carboxylic acids is 2. The van der Waals surface area contributed by atoms with Crippen molar-refractivity contribution in [3.63, 3.8) is 0 Å². The Morgan fingerprint density at radius 3 is 2.33 bits per heavy atom. The van der Waals surface area contributed by atoms with Gasteiger partial charge >= 0.3 is 12.2 Å². The summed E-state index contributed by atoms with van der Waals surface area (Å²) in [7, 11) is 2.86. The van der Waals surface area contributed by atoms with Gasteiger partial charge in [0.15, 0.2) is 0 Å². The number of nitrogens with zero attached hydrogens (tertiary/aromatic N) is 3. The zero-order valence-electron chi connectivity index (χ0n) is 23.6. The van der Waals surface area contributed by atoms with Crippen LogP contribution in [0.1, 0.15) is 48.1 Å². The monoisotopic (exact) mass is 557 g/mol. The first-order chi connectivity index (χ1) is 18.8. The van der Waals surface area contributed by atoms with Crippen LogP contribution >= 0.6 is 0 Å². The van der Waals surface area contributed by atoms with Crippen molar-refractivity contribution in [3.05, 3.63) is 90.0 Å². The van der Waals surface area contributed by atoms with E-state index in [0.717, 1.165) is 23.3 Å². The van der Waals surface area contributed by atoms with Gasteiger partial charge in [-0.15, -0.1) is 13.2 Å². The third-order valence-electron chi connectivity index (χ3n) is 7.44. The molecular weight excluding hydrogens is 519 g/mol. The Bertz CT molecular complexity index is 1230. The standard InChI is InChI=1S/C31H38F3N3O3/c1-7-13-30(4,14-8-2)28(38)36-15-16-37(27(21-36)26-12-10-9-11-22(26)3)29(39)35(5)20-23-17-24(31(32,33)34)19-25(18-23)40-6/h7-12,17-19,27H,1-2,13-16,20-21H2,3-6H3. The van der Waals surface area contributed by atoms with Crippen LogP contribution in [0.4, 0.5) is 18.0 Å². The van der Waals surface area contributed by atoms with Crippen molar-refractivity contribution in [3.8, 4) is 5.75 Å². The highest BCUT2D eigenvalue weighted by Crippen LogP contribution is 2.36. The summed E-state index contributed by atoms with van der Waals surface area (Å²) >= 11 is 0. The first kappa shape index (κ1) is 30.8. The number of aryl methyl sites for hydroxylation is 1. The van der Waals surface area contributed by atoms with Gasteiger partial charge in [-0.05, 0) is 54.7 Å². The number of allylic oxidation sites excluding steroid dienone is 2. The highest BCUT2D eigenvalue weighted by atomic mass is 19.4. The number of hydrogen-bond donors (Lipinski definition) is 0. The Hall–Kier alpha value is -3.75. The van der Waals surface area contributed by atoms with Gasteiger partial charge in [-0.2, -0.15) is 13.2 Å². The highest BCUT2D eigenvalue weighted by Gasteiger charge is 2.41. The Kier molecular flexibility index (Phi) is 9.71. The fraction of sp³-hybridized carbons (Fsp3) is 0.419. The van der Waals surface area contributed by atoms with E-state index < -0.39 is 23.2 Å². The lowest BCUT2D eigenvalue weighted by Gasteiger charge is -2.45. The average molecular weight is 558 g/mol. The molecule has 0 spiro atoms. The maximum absolute atomic E-state index is 13.8. The molecule has 9 heteroatoms. The lowest BCUT2D eigenvalue weighted by molar-refractivity contribution is -0.143. The van der Waals surface area contributed by atoms with E-state index >= 15 is 0 Å². The molecule has 0 aromatic heterocycles. The number of ether oxygens (including phenoxy) is 1. The van der Waals surface area contributed by atoms with Crippen LogP contribution in [-0.4, -0.2) is 60.4 Å². The smallest absolute Gasteiger partial charge is 0.416 e. The van der Waals surface area contributed by atoms with E-state index in [2.05, 4.69) is 13.2 Å². The number of carbonyl (C=O) groups is 2. The molecule has 1 aliphatic heterocycles. The first-order valence-electron chi connectivity index (χ1n) is 13.2. The average Bonchev–Trinajstić information content (AvgIpc) is 2.91. The number of hydrogen-bond acceptors (Lipinski definition) is 3. The van der Waals surface area contributed by atoms with Crippen molar-refractivity contribution in [2.45, 2.75) is 45.5 Å². The minimum atomic E-state index is -4.55. The molecule has 40 heavy (non-hydrogen) atoms. The molecule has 1 unspecified atom stereocenters. The quantitative estimate of drug-likeness (QED) is 0.326. The molecule has 0 radical (unpaired) electrons. The van der Waals surface area contributed by atoms with Crippen molar-refractivity contribution in [1.29, 1.82) is 0 Å². The molecular formula is C31H38F3N3O3. The number of amides is 3. The number of alkyl halides is 3. The topological polar surface area (TPSA) is 53.1 Å². The molecule has 1 fully saturated rings. The van der Waals surface area contributed by atoms with Gasteiger partial charge < -0.3 is 19.4 Å². The van der Waals surface area contributed by atoms with Crippen molar-refractivity contribution in [2.75, 3.05) is 33.8 Å². The van der Waals surface area contributed by atoms with E-state index in [0.29, 0.717) is 31.5 Å². The lowest BCUT2D eigenvalue weighted by Crippen LogP contribution is -2.57. The van der Waals surface area contributed by atoms with Crippen molar-refractivity contribution >= 4 is 11.9 Å². The summed E-state index contributed by atoms with van der Waals surface area (Å²) in [6.45, 7) is 12.3. The number of halogens is 3. The van der Waals surface area contributed by atoms with Crippen LogP contribution in [0.5, 0.6) is 5.75 Å². The Balaban J connectivity index is 1.90. The van der Waals surface area contributed by atoms with Crippen LogP contribution < -0.4 is 4.74 Å². The third kappa shape index (κ3) is 6.87. The summed E-state index contributed by atoms with van der Waals surface area (Å²) < 4.78 is 45.4. The van der Waals surface area contributed by atoms with Gasteiger partial charge in [-0.3, -0.25) is 4.79 Å². The summed E-state index contributed by atoms with van der Waals surface area (Å²) in [6, 6.07) is 10.4. The van der Waals surface area contributed by atoms with Gasteiger partial charge in [0.2, 0.25) is 5.91 Å². The van der Waals surface area contributed by atoms with Crippen molar-refractivity contribution in [2.24, 2.45) is 5.41 Å². The molecule has 2 aromatic rings. The van der Waals surface area contributed by atoms with E-state index in [1.807, 2.05) is 38.1 Å². The second-order valence-corrected chi connectivity index (χ2v) is 10.6. The van der Waals surface area contributed by atoms with Crippen molar-refractivity contribution < 1.29 is 27.5 Å². The molecule has 0 N–H and O–H groups in total. The van der Waals surface area contributed by atoms with E-state index in [1.165, 1.54) is 18.1 Å². The molecule has 1 atom stereocenters. The Morgan fingerprint density at radius 1 is 1.10 bits per heavy atom. The Labute approximate surface area is 234 Å². The molecule has 1 saturated heterocycles. The van der Waals surface area contributed by atoms with E-state index in [4.69, 9.17) is 4.74 Å². The van der Waals surface area contributed by atoms with E-state index in [9.17, 15) is 22.8 Å². The molecule has 0 saturated carbocycles. The minimum Gasteiger partial charge on any atom is -0.497 e. The van der Waals surface area contributed by atoms with Crippen LogP contribution in [0.3, 0.4) is 0 Å². The maximum atomic E-state index is 13.8. The third-order valence-corrected chi connectivity index (χ3v) is 7.44. The second-order valence-electron chi connectivity index (χ2n) is 10.6. The molecule has 3 amide bonds. The maximum Gasteiger partial charge on any atom is 0.416 e. The van der Waals surface area contributed by atoms with Crippen LogP contribution in [0.25, 0.3) is 0 Å². The molecule has 3 rings (SSSR count). The van der Waals surface area contributed by atoms with Crippen LogP contribution in [-0.2, 0) is 17.5 Å². The molecule has 0 bridgehead atoms. The minimum absolute atomic E-state index is 0.0256. The van der Waals surface area contributed by atoms with Crippen LogP contribution in [0.15, 0.2) is 67.8 Å². The van der Waals surface area contributed by atoms with Gasteiger partial charge in [0.1, 0.15) is 5.75 Å². The number of piperazine rings is 1. The second kappa shape index (κ2) is 12.6. The SMILES string of the molecule is C=CCC(C)(CC=C)C(=O)N1CCN(C(=O)N(C)Cc2cc(OC)cc(C(F)(F)F)c2)C(c2ccccc2C)C1. The van der Waals surface area contributed by atoms with E-state index in [1.54, 1.807) is 29.0 Å². The molecule has 216 valence electrons. The normalized spacial score (nSPS) is 15.9. The number of rotatable bonds is 9. The number of methoxy groups -OCH3 is 1. The zero-order chi connectivity index (χ0) is 29.7. The van der Waals surface area contributed by atoms with Gasteiger partial charge in [0.25, 0.3) is 0 Å². The molecule has 2 aromatic carbocycles. The number of benzene rings is 2. The van der Waals surface area contributed by atoms with Crippen LogP contribution in [0, 0.1) is 12.3 Å². The largest absolute Gasteiger partial charge is 0.497 e. The molecule has 0 aliphatic carbocycles. The summed E-state index contributed by atoms with van der Waals surface area (Å²) in [4.78, 5) is 32.4. The predicted octanol–water partition coefficient (Wildman–Crippen LogP) is 6.62. The zero-order valence-corrected chi connectivity index (χ0v) is 23.6. The first-order valence-corrected chi connectivity index (χ1v) is 13.2.